The second-order valence-corrected chi connectivity index (χ2v) is 11.2. The van der Waals surface area contributed by atoms with Gasteiger partial charge >= 0.3 is 0 Å². The molecule has 0 bridgehead atoms. The molecule has 0 aliphatic rings. The molecule has 0 saturated carbocycles. The van der Waals surface area contributed by atoms with Crippen LogP contribution in [0.25, 0.3) is 87.1 Å². The number of pyridine rings is 1. The van der Waals surface area contributed by atoms with Gasteiger partial charge in [-0.2, -0.15) is 0 Å². The molecular weight excluding hydrogens is 506 g/mol. The maximum atomic E-state index is 5.23. The summed E-state index contributed by atoms with van der Waals surface area (Å²) in [5, 5.41) is 13.7. The largest absolute Gasteiger partial charge is 0.247 e. The molecule has 1 heterocycles. The third kappa shape index (κ3) is 3.47. The zero-order valence-electron chi connectivity index (χ0n) is 22.9. The number of hydrogen-bond acceptors (Lipinski definition) is 1. The number of benzene rings is 8. The van der Waals surface area contributed by atoms with Crippen LogP contribution in [-0.4, -0.2) is 4.98 Å². The van der Waals surface area contributed by atoms with E-state index < -0.39 is 0 Å². The molecule has 0 fully saturated rings. The van der Waals surface area contributed by atoms with Crippen LogP contribution in [0.5, 0.6) is 0 Å². The third-order valence-corrected chi connectivity index (χ3v) is 8.80. The van der Waals surface area contributed by atoms with Crippen molar-refractivity contribution in [3.8, 4) is 22.4 Å². The average Bonchev–Trinajstić information content (AvgIpc) is 3.06. The Kier molecular flexibility index (Phi) is 4.97. The topological polar surface area (TPSA) is 12.9 Å². The number of nitrogens with zero attached hydrogens (tertiary/aromatic N) is 1. The van der Waals surface area contributed by atoms with E-state index in [-0.39, 0.29) is 0 Å². The summed E-state index contributed by atoms with van der Waals surface area (Å²) in [5.74, 6) is 0. The molecule has 0 aliphatic heterocycles. The Hall–Kier alpha value is -5.53. The standard InChI is InChI=1S/C41H25N/c1-2-10-28-24-31(19-16-26(28)8-1)41-38-23-22-35-33(13-7-14-36(35)40(38)37-12-5-6-15-39(37)42-41)30-20-21-34-29(25-30)18-17-27-9-3-4-11-32(27)34/h1-25H. The van der Waals surface area contributed by atoms with Crippen molar-refractivity contribution in [3.05, 3.63) is 152 Å². The Labute approximate surface area is 243 Å². The lowest BCUT2D eigenvalue weighted by Crippen LogP contribution is -1.92. The lowest BCUT2D eigenvalue weighted by molar-refractivity contribution is 1.43. The summed E-state index contributed by atoms with van der Waals surface area (Å²) < 4.78 is 0. The summed E-state index contributed by atoms with van der Waals surface area (Å²) in [6, 6.07) is 55.0. The van der Waals surface area contributed by atoms with Gasteiger partial charge in [-0.3, -0.25) is 0 Å². The van der Waals surface area contributed by atoms with Crippen LogP contribution >= 0.6 is 0 Å². The second-order valence-electron chi connectivity index (χ2n) is 11.2. The lowest BCUT2D eigenvalue weighted by Gasteiger charge is -2.15. The molecule has 1 nitrogen and oxygen atoms in total. The average molecular weight is 532 g/mol. The van der Waals surface area contributed by atoms with E-state index in [1.165, 1.54) is 70.4 Å². The monoisotopic (exact) mass is 531 g/mol. The Bertz CT molecular complexity index is 2520. The van der Waals surface area contributed by atoms with Crippen LogP contribution in [0.1, 0.15) is 0 Å². The predicted octanol–water partition coefficient (Wildman–Crippen LogP) is 11.3. The molecular formula is C41H25N. The van der Waals surface area contributed by atoms with Crippen molar-refractivity contribution in [2.45, 2.75) is 0 Å². The molecule has 42 heavy (non-hydrogen) atoms. The van der Waals surface area contributed by atoms with Gasteiger partial charge in [0, 0.05) is 21.7 Å². The fraction of sp³-hybridized carbons (Fsp3) is 0. The van der Waals surface area contributed by atoms with Crippen LogP contribution < -0.4 is 0 Å². The molecule has 9 rings (SSSR count). The molecule has 0 N–H and O–H groups in total. The number of fused-ring (bicyclic) bond motifs is 9. The van der Waals surface area contributed by atoms with Gasteiger partial charge in [-0.15, -0.1) is 0 Å². The number of aromatic nitrogens is 1. The molecule has 1 heteroatoms. The van der Waals surface area contributed by atoms with Gasteiger partial charge in [0.25, 0.3) is 0 Å². The molecule has 9 aromatic rings. The van der Waals surface area contributed by atoms with Crippen LogP contribution in [0.15, 0.2) is 152 Å². The highest BCUT2D eigenvalue weighted by Gasteiger charge is 2.15. The van der Waals surface area contributed by atoms with Crippen LogP contribution in [-0.2, 0) is 0 Å². The minimum atomic E-state index is 1.02. The Morgan fingerprint density at radius 1 is 0.333 bits per heavy atom. The molecule has 194 valence electrons. The van der Waals surface area contributed by atoms with Crippen LogP contribution in [0, 0.1) is 0 Å². The van der Waals surface area contributed by atoms with Gasteiger partial charge in [0.2, 0.25) is 0 Å². The van der Waals surface area contributed by atoms with Gasteiger partial charge < -0.3 is 0 Å². The van der Waals surface area contributed by atoms with Gasteiger partial charge in [-0.25, -0.2) is 4.98 Å². The predicted molar refractivity (Wildman–Crippen MR) is 180 cm³/mol. The fourth-order valence-electron chi connectivity index (χ4n) is 6.80. The zero-order valence-corrected chi connectivity index (χ0v) is 22.9. The minimum Gasteiger partial charge on any atom is -0.247 e. The number of para-hydroxylation sites is 1. The SMILES string of the molecule is c1ccc2cc(-c3nc4ccccc4c4c3ccc3c(-c5ccc6c(ccc7ccccc76)c5)cccc34)ccc2c1. The minimum absolute atomic E-state index is 1.02. The van der Waals surface area contributed by atoms with Gasteiger partial charge in [-0.1, -0.05) is 133 Å². The van der Waals surface area contributed by atoms with E-state index in [1.54, 1.807) is 0 Å². The van der Waals surface area contributed by atoms with Crippen molar-refractivity contribution >= 4 is 64.8 Å². The highest BCUT2D eigenvalue weighted by Crippen LogP contribution is 2.41. The van der Waals surface area contributed by atoms with E-state index in [2.05, 4.69) is 152 Å². The fourth-order valence-corrected chi connectivity index (χ4v) is 6.80. The van der Waals surface area contributed by atoms with E-state index in [9.17, 15) is 0 Å². The van der Waals surface area contributed by atoms with E-state index >= 15 is 0 Å². The first kappa shape index (κ1) is 23.2. The molecule has 0 amide bonds. The van der Waals surface area contributed by atoms with Gasteiger partial charge in [0.15, 0.2) is 0 Å². The lowest BCUT2D eigenvalue weighted by atomic mass is 9.90. The molecule has 0 radical (unpaired) electrons. The molecule has 0 saturated heterocycles. The van der Waals surface area contributed by atoms with Crippen LogP contribution in [0.3, 0.4) is 0 Å². The van der Waals surface area contributed by atoms with E-state index in [0.717, 1.165) is 16.8 Å². The maximum Gasteiger partial charge on any atom is 0.0788 e. The highest BCUT2D eigenvalue weighted by atomic mass is 14.7. The summed E-state index contributed by atoms with van der Waals surface area (Å²) in [7, 11) is 0. The first-order valence-electron chi connectivity index (χ1n) is 14.5. The Morgan fingerprint density at radius 2 is 0.952 bits per heavy atom. The summed E-state index contributed by atoms with van der Waals surface area (Å²) in [5.41, 5.74) is 5.66. The van der Waals surface area contributed by atoms with Crippen molar-refractivity contribution in [2.75, 3.05) is 0 Å². The third-order valence-electron chi connectivity index (χ3n) is 8.80. The Morgan fingerprint density at radius 3 is 1.88 bits per heavy atom. The summed E-state index contributed by atoms with van der Waals surface area (Å²) in [6.45, 7) is 0. The maximum absolute atomic E-state index is 5.23. The van der Waals surface area contributed by atoms with E-state index in [4.69, 9.17) is 4.98 Å². The first-order valence-corrected chi connectivity index (χ1v) is 14.5. The first-order chi connectivity index (χ1) is 20.8. The van der Waals surface area contributed by atoms with E-state index in [0.29, 0.717) is 0 Å². The van der Waals surface area contributed by atoms with Gasteiger partial charge in [0.1, 0.15) is 0 Å². The van der Waals surface area contributed by atoms with Gasteiger partial charge in [0.05, 0.1) is 11.2 Å². The van der Waals surface area contributed by atoms with Crippen molar-refractivity contribution in [1.29, 1.82) is 0 Å². The summed E-state index contributed by atoms with van der Waals surface area (Å²) in [6.07, 6.45) is 0. The smallest absolute Gasteiger partial charge is 0.0788 e. The zero-order chi connectivity index (χ0) is 27.6. The van der Waals surface area contributed by atoms with Crippen molar-refractivity contribution < 1.29 is 0 Å². The number of rotatable bonds is 2. The van der Waals surface area contributed by atoms with Gasteiger partial charge in [-0.05, 0) is 72.4 Å². The van der Waals surface area contributed by atoms with Crippen LogP contribution in [0.4, 0.5) is 0 Å². The van der Waals surface area contributed by atoms with Crippen LogP contribution in [0.2, 0.25) is 0 Å². The Balaban J connectivity index is 1.32. The summed E-state index contributed by atoms with van der Waals surface area (Å²) >= 11 is 0. The second kappa shape index (κ2) is 8.99. The van der Waals surface area contributed by atoms with Crippen molar-refractivity contribution in [1.82, 2.24) is 4.98 Å². The normalized spacial score (nSPS) is 11.8. The number of hydrogen-bond donors (Lipinski definition) is 0. The molecule has 1 aromatic heterocycles. The summed E-state index contributed by atoms with van der Waals surface area (Å²) in [4.78, 5) is 5.23. The quantitative estimate of drug-likeness (QED) is 0.202. The molecule has 0 atom stereocenters. The van der Waals surface area contributed by atoms with Crippen molar-refractivity contribution in [2.24, 2.45) is 0 Å². The molecule has 0 aliphatic carbocycles. The van der Waals surface area contributed by atoms with E-state index in [1.807, 2.05) is 0 Å². The van der Waals surface area contributed by atoms with Crippen molar-refractivity contribution in [3.63, 3.8) is 0 Å². The highest BCUT2D eigenvalue weighted by molar-refractivity contribution is 6.24. The molecule has 0 spiro atoms. The molecule has 0 unspecified atom stereocenters. The molecule has 8 aromatic carbocycles.